The largest absolute Gasteiger partial charge is 0.477 e. The summed E-state index contributed by atoms with van der Waals surface area (Å²) in [6.07, 6.45) is 14.5. The number of ether oxygens (including phenoxy) is 1. The molecule has 0 aromatic carbocycles. The van der Waals surface area contributed by atoms with Crippen LogP contribution in [-0.4, -0.2) is 29.3 Å². The highest BCUT2D eigenvalue weighted by Crippen LogP contribution is 2.36. The fourth-order valence-electron chi connectivity index (χ4n) is 2.95. The van der Waals surface area contributed by atoms with E-state index < -0.39 is 28.9 Å². The van der Waals surface area contributed by atoms with Gasteiger partial charge in [-0.25, -0.2) is 13.8 Å². The van der Waals surface area contributed by atoms with Crippen molar-refractivity contribution in [1.82, 2.24) is 5.32 Å². The van der Waals surface area contributed by atoms with Crippen molar-refractivity contribution in [2.45, 2.75) is 71.4 Å². The molecule has 1 amide bonds. The predicted molar refractivity (Wildman–Crippen MR) is 111 cm³/mol. The van der Waals surface area contributed by atoms with Gasteiger partial charge in [0, 0.05) is 6.42 Å². The number of amides is 1. The van der Waals surface area contributed by atoms with Crippen molar-refractivity contribution in [3.63, 3.8) is 0 Å². The van der Waals surface area contributed by atoms with Gasteiger partial charge in [-0.15, -0.1) is 12.8 Å². The number of amidine groups is 1. The number of carbonyl (C=O) groups is 1. The number of allylic oxidation sites excluding steroid dienone is 2. The third kappa shape index (κ3) is 5.17. The van der Waals surface area contributed by atoms with Crippen LogP contribution in [0.15, 0.2) is 28.6 Å². The number of hydrogen-bond acceptors (Lipinski definition) is 3. The molecule has 29 heavy (non-hydrogen) atoms. The first-order valence-electron chi connectivity index (χ1n) is 9.33. The van der Waals surface area contributed by atoms with E-state index in [4.69, 9.17) is 23.3 Å². The van der Waals surface area contributed by atoms with Gasteiger partial charge in [-0.1, -0.05) is 17.9 Å². The number of nitrogens with zero attached hydrogens (tertiary/aromatic N) is 1. The number of aliphatic imine (C=N–C) groups is 1. The molecular formula is C22H29F2N3O2. The van der Waals surface area contributed by atoms with E-state index >= 15 is 0 Å². The molecule has 3 unspecified atom stereocenters. The van der Waals surface area contributed by atoms with E-state index in [-0.39, 0.29) is 18.7 Å². The van der Waals surface area contributed by atoms with Gasteiger partial charge in [-0.2, -0.15) is 0 Å². The summed E-state index contributed by atoms with van der Waals surface area (Å²) in [6, 6.07) is -1.28. The summed E-state index contributed by atoms with van der Waals surface area (Å²) >= 11 is 0. The molecular weight excluding hydrogens is 376 g/mol. The van der Waals surface area contributed by atoms with Crippen LogP contribution < -0.4 is 11.1 Å². The van der Waals surface area contributed by atoms with E-state index in [9.17, 15) is 13.6 Å². The van der Waals surface area contributed by atoms with Crippen molar-refractivity contribution >= 4 is 11.7 Å². The third-order valence-electron chi connectivity index (χ3n) is 4.95. The zero-order valence-corrected chi connectivity index (χ0v) is 17.6. The summed E-state index contributed by atoms with van der Waals surface area (Å²) in [4.78, 5) is 17.1. The number of hydrogen-bond donors (Lipinski definition) is 2. The van der Waals surface area contributed by atoms with Gasteiger partial charge in [0.1, 0.15) is 5.84 Å². The molecule has 0 aromatic heterocycles. The van der Waals surface area contributed by atoms with Gasteiger partial charge < -0.3 is 15.8 Å². The number of carbonyl (C=O) groups excluding carboxylic acids is 1. The van der Waals surface area contributed by atoms with Gasteiger partial charge in [0.25, 0.3) is 5.92 Å². The highest BCUT2D eigenvalue weighted by Gasteiger charge is 2.47. The van der Waals surface area contributed by atoms with Gasteiger partial charge in [0.2, 0.25) is 11.5 Å². The Morgan fingerprint density at radius 3 is 2.38 bits per heavy atom. The molecule has 0 radical (unpaired) electrons. The number of rotatable bonds is 7. The molecule has 7 heteroatoms. The van der Waals surface area contributed by atoms with E-state index in [1.165, 1.54) is 13.2 Å². The normalized spacial score (nSPS) is 22.7. The van der Waals surface area contributed by atoms with Crippen molar-refractivity contribution < 1.29 is 18.3 Å². The zero-order chi connectivity index (χ0) is 22.5. The van der Waals surface area contributed by atoms with E-state index in [1.807, 2.05) is 0 Å². The summed E-state index contributed by atoms with van der Waals surface area (Å²) in [7, 11) is 0. The molecule has 3 atom stereocenters. The Morgan fingerprint density at radius 1 is 1.34 bits per heavy atom. The Hall–Kier alpha value is -2.80. The number of alkyl halides is 2. The number of halogens is 2. The Labute approximate surface area is 171 Å². The molecule has 0 saturated heterocycles. The zero-order valence-electron chi connectivity index (χ0n) is 17.6. The monoisotopic (exact) mass is 405 g/mol. The minimum Gasteiger partial charge on any atom is -0.477 e. The quantitative estimate of drug-likeness (QED) is 0.294. The number of nitrogens with two attached hydrogens (primary N) is 1. The molecule has 0 aromatic rings. The lowest BCUT2D eigenvalue weighted by atomic mass is 9.88. The SMILES string of the molecule is C#CC(C)(O/C=C\C)C(N=C(N)C(C)(C#C)C(=O)NC1CCCC1(F)F)=C(C)C. The second kappa shape index (κ2) is 9.13. The predicted octanol–water partition coefficient (Wildman–Crippen LogP) is 3.52. The van der Waals surface area contributed by atoms with Crippen LogP contribution in [0.5, 0.6) is 0 Å². The van der Waals surface area contributed by atoms with Crippen LogP contribution in [0.3, 0.4) is 0 Å². The molecule has 0 heterocycles. The van der Waals surface area contributed by atoms with Crippen LogP contribution in [0.2, 0.25) is 0 Å². The fraction of sp³-hybridized carbons (Fsp3) is 0.545. The maximum atomic E-state index is 13.9. The molecule has 5 nitrogen and oxygen atoms in total. The average Bonchev–Trinajstić information content (AvgIpc) is 3.00. The summed E-state index contributed by atoms with van der Waals surface area (Å²) in [5.74, 6) is 0.792. The molecule has 0 spiro atoms. The van der Waals surface area contributed by atoms with Gasteiger partial charge in [0.15, 0.2) is 5.41 Å². The Bertz CT molecular complexity index is 813. The highest BCUT2D eigenvalue weighted by molar-refractivity contribution is 6.10. The van der Waals surface area contributed by atoms with Crippen LogP contribution in [-0.2, 0) is 9.53 Å². The second-order valence-electron chi connectivity index (χ2n) is 7.56. The van der Waals surface area contributed by atoms with E-state index in [0.29, 0.717) is 17.7 Å². The summed E-state index contributed by atoms with van der Waals surface area (Å²) < 4.78 is 33.4. The standard InChI is InChI=1S/C22H29F2N3O2/c1-8-14-29-21(7,10-3)17(15(4)5)27-18(25)20(6,9-2)19(28)26-16-12-11-13-22(16,23)24/h2-3,8,14,16H,11-13H2,1,4-7H3,(H2,25,27)(H,26,28)/b14-8-. The van der Waals surface area contributed by atoms with Crippen LogP contribution >= 0.6 is 0 Å². The molecule has 1 saturated carbocycles. The minimum atomic E-state index is -2.98. The van der Waals surface area contributed by atoms with Crippen molar-refractivity contribution in [3.8, 4) is 24.7 Å². The Morgan fingerprint density at radius 2 is 1.97 bits per heavy atom. The molecule has 1 rings (SSSR count). The first kappa shape index (κ1) is 24.2. The lowest BCUT2D eigenvalue weighted by molar-refractivity contribution is -0.128. The van der Waals surface area contributed by atoms with Crippen LogP contribution in [0.25, 0.3) is 0 Å². The van der Waals surface area contributed by atoms with E-state index in [0.717, 1.165) is 0 Å². The van der Waals surface area contributed by atoms with Gasteiger partial charge >= 0.3 is 0 Å². The van der Waals surface area contributed by atoms with Crippen molar-refractivity contribution in [2.75, 3.05) is 0 Å². The lowest BCUT2D eigenvalue weighted by Crippen LogP contribution is -2.53. The topological polar surface area (TPSA) is 76.7 Å². The van der Waals surface area contributed by atoms with Crippen LogP contribution in [0.4, 0.5) is 8.78 Å². The molecule has 3 N–H and O–H groups in total. The van der Waals surface area contributed by atoms with E-state index in [2.05, 4.69) is 22.2 Å². The molecule has 0 bridgehead atoms. The number of nitrogens with one attached hydrogen (secondary N) is 1. The smallest absolute Gasteiger partial charge is 0.267 e. The van der Waals surface area contributed by atoms with Crippen molar-refractivity contribution in [1.29, 1.82) is 0 Å². The maximum absolute atomic E-state index is 13.9. The molecule has 1 aliphatic rings. The third-order valence-corrected chi connectivity index (χ3v) is 4.95. The summed E-state index contributed by atoms with van der Waals surface area (Å²) in [5, 5.41) is 2.34. The van der Waals surface area contributed by atoms with Gasteiger partial charge in [-0.3, -0.25) is 4.79 Å². The Kier molecular flexibility index (Phi) is 7.63. The second-order valence-corrected chi connectivity index (χ2v) is 7.56. The van der Waals surface area contributed by atoms with Crippen LogP contribution in [0.1, 0.15) is 53.9 Å². The minimum absolute atomic E-state index is 0.169. The first-order chi connectivity index (χ1) is 13.4. The van der Waals surface area contributed by atoms with E-state index in [1.54, 1.807) is 33.8 Å². The summed E-state index contributed by atoms with van der Waals surface area (Å²) in [6.45, 7) is 8.25. The Balaban J connectivity index is 3.30. The molecule has 158 valence electrons. The fourth-order valence-corrected chi connectivity index (χ4v) is 2.95. The lowest BCUT2D eigenvalue weighted by Gasteiger charge is -2.29. The van der Waals surface area contributed by atoms with Gasteiger partial charge in [0.05, 0.1) is 18.0 Å². The molecule has 1 fully saturated rings. The first-order valence-corrected chi connectivity index (χ1v) is 9.33. The van der Waals surface area contributed by atoms with Crippen LogP contribution in [0, 0.1) is 30.1 Å². The molecule has 0 aliphatic heterocycles. The van der Waals surface area contributed by atoms with Crippen molar-refractivity contribution in [2.24, 2.45) is 16.1 Å². The maximum Gasteiger partial charge on any atom is 0.267 e. The summed E-state index contributed by atoms with van der Waals surface area (Å²) in [5.41, 5.74) is 4.10. The average molecular weight is 405 g/mol. The van der Waals surface area contributed by atoms with Crippen molar-refractivity contribution in [3.05, 3.63) is 23.6 Å². The molecule has 1 aliphatic carbocycles. The highest BCUT2D eigenvalue weighted by atomic mass is 19.3. The van der Waals surface area contributed by atoms with Gasteiger partial charge in [-0.05, 0) is 53.0 Å². The number of terminal acetylenes is 2.